The lowest BCUT2D eigenvalue weighted by molar-refractivity contribution is 0.0949. The number of benzene rings is 3. The van der Waals surface area contributed by atoms with Crippen LogP contribution in [0.25, 0.3) is 0 Å². The van der Waals surface area contributed by atoms with Gasteiger partial charge in [0.15, 0.2) is 0 Å². The predicted octanol–water partition coefficient (Wildman–Crippen LogP) is 5.57. The van der Waals surface area contributed by atoms with Crippen LogP contribution in [0.15, 0.2) is 72.8 Å². The Balaban J connectivity index is 1.50. The Morgan fingerprint density at radius 3 is 2.33 bits per heavy atom. The number of ether oxygens (including phenoxy) is 1. The summed E-state index contributed by atoms with van der Waals surface area (Å²) in [4.78, 5) is 12.2. The third-order valence-corrected chi connectivity index (χ3v) is 4.74. The number of carbonyl (C=O) groups is 1. The van der Waals surface area contributed by atoms with E-state index >= 15 is 0 Å². The average molecular weight is 403 g/mol. The fourth-order valence-corrected chi connectivity index (χ4v) is 2.93. The topological polar surface area (TPSA) is 50.4 Å². The summed E-state index contributed by atoms with van der Waals surface area (Å²) in [6, 6.07) is 24.0. The molecule has 0 aliphatic rings. The molecular weight excluding hydrogens is 372 g/mol. The summed E-state index contributed by atoms with van der Waals surface area (Å²) < 4.78 is 5.87. The summed E-state index contributed by atoms with van der Waals surface area (Å²) in [5.41, 5.74) is 5.14. The number of aryl methyl sites for hydroxylation is 1. The molecule has 0 saturated heterocycles. The van der Waals surface area contributed by atoms with Gasteiger partial charge in [0.05, 0.1) is 0 Å². The van der Waals surface area contributed by atoms with Crippen LogP contribution in [0.1, 0.15) is 40.9 Å². The average Bonchev–Trinajstić information content (AvgIpc) is 2.76. The Kier molecular flexibility index (Phi) is 7.50. The molecule has 2 N–H and O–H groups in total. The van der Waals surface area contributed by atoms with E-state index < -0.39 is 0 Å². The van der Waals surface area contributed by atoms with Crippen LogP contribution in [-0.2, 0) is 13.2 Å². The standard InChI is InChI=1S/C26H30N2O2/c1-19(2)16-28-26(29)23-5-4-6-24(15-23)27-17-21-11-13-25(14-12-21)30-18-22-9-7-20(3)8-10-22/h4-15,19,27H,16-18H2,1-3H3,(H,28,29). The fraction of sp³-hybridized carbons (Fsp3) is 0.269. The lowest BCUT2D eigenvalue weighted by Crippen LogP contribution is -2.27. The van der Waals surface area contributed by atoms with Gasteiger partial charge in [-0.2, -0.15) is 0 Å². The maximum Gasteiger partial charge on any atom is 0.251 e. The minimum absolute atomic E-state index is 0.0394. The molecule has 0 unspecified atom stereocenters. The summed E-state index contributed by atoms with van der Waals surface area (Å²) >= 11 is 0. The van der Waals surface area contributed by atoms with E-state index in [4.69, 9.17) is 4.74 Å². The normalized spacial score (nSPS) is 10.7. The summed E-state index contributed by atoms with van der Waals surface area (Å²) in [5, 5.41) is 6.33. The first-order chi connectivity index (χ1) is 14.5. The number of amides is 1. The van der Waals surface area contributed by atoms with Gasteiger partial charge in [-0.15, -0.1) is 0 Å². The molecule has 156 valence electrons. The monoisotopic (exact) mass is 402 g/mol. The SMILES string of the molecule is Cc1ccc(COc2ccc(CNc3cccc(C(=O)NCC(C)C)c3)cc2)cc1. The van der Waals surface area contributed by atoms with Crippen LogP contribution in [0.4, 0.5) is 5.69 Å². The van der Waals surface area contributed by atoms with Gasteiger partial charge in [0.1, 0.15) is 12.4 Å². The van der Waals surface area contributed by atoms with Crippen molar-refractivity contribution in [3.05, 3.63) is 95.1 Å². The van der Waals surface area contributed by atoms with Gasteiger partial charge in [-0.05, 0) is 54.3 Å². The quantitative estimate of drug-likeness (QED) is 0.492. The molecule has 1 amide bonds. The van der Waals surface area contributed by atoms with Crippen molar-refractivity contribution in [3.8, 4) is 5.75 Å². The zero-order valence-corrected chi connectivity index (χ0v) is 17.9. The number of rotatable bonds is 9. The molecule has 0 atom stereocenters. The Labute approximate surface area is 179 Å². The fourth-order valence-electron chi connectivity index (χ4n) is 2.93. The number of carbonyl (C=O) groups excluding carboxylic acids is 1. The van der Waals surface area contributed by atoms with E-state index in [0.29, 0.717) is 31.2 Å². The largest absolute Gasteiger partial charge is 0.489 e. The van der Waals surface area contributed by atoms with Gasteiger partial charge in [-0.3, -0.25) is 4.79 Å². The second kappa shape index (κ2) is 10.5. The summed E-state index contributed by atoms with van der Waals surface area (Å²) in [5.74, 6) is 1.24. The molecule has 3 aromatic rings. The van der Waals surface area contributed by atoms with Crippen molar-refractivity contribution in [2.45, 2.75) is 33.9 Å². The van der Waals surface area contributed by atoms with E-state index in [-0.39, 0.29) is 5.91 Å². The maximum atomic E-state index is 12.2. The van der Waals surface area contributed by atoms with Crippen molar-refractivity contribution in [1.29, 1.82) is 0 Å². The first-order valence-corrected chi connectivity index (χ1v) is 10.4. The number of nitrogens with one attached hydrogen (secondary N) is 2. The van der Waals surface area contributed by atoms with Gasteiger partial charge in [0.25, 0.3) is 5.91 Å². The highest BCUT2D eigenvalue weighted by molar-refractivity contribution is 5.95. The van der Waals surface area contributed by atoms with E-state index in [9.17, 15) is 4.79 Å². The summed E-state index contributed by atoms with van der Waals surface area (Å²) in [6.07, 6.45) is 0. The first kappa shape index (κ1) is 21.4. The predicted molar refractivity (Wildman–Crippen MR) is 123 cm³/mol. The molecule has 4 nitrogen and oxygen atoms in total. The lowest BCUT2D eigenvalue weighted by atomic mass is 10.1. The first-order valence-electron chi connectivity index (χ1n) is 10.4. The van der Waals surface area contributed by atoms with Gasteiger partial charge >= 0.3 is 0 Å². The van der Waals surface area contributed by atoms with Crippen LogP contribution in [0.3, 0.4) is 0 Å². The van der Waals surface area contributed by atoms with Crippen molar-refractivity contribution in [2.24, 2.45) is 5.92 Å². The molecular formula is C26H30N2O2. The van der Waals surface area contributed by atoms with Gasteiger partial charge in [0, 0.05) is 24.3 Å². The molecule has 30 heavy (non-hydrogen) atoms. The highest BCUT2D eigenvalue weighted by Gasteiger charge is 2.06. The van der Waals surface area contributed by atoms with E-state index in [2.05, 4.69) is 67.8 Å². The molecule has 4 heteroatoms. The molecule has 0 radical (unpaired) electrons. The van der Waals surface area contributed by atoms with Gasteiger partial charge in [0.2, 0.25) is 0 Å². The molecule has 0 spiro atoms. The van der Waals surface area contributed by atoms with E-state index in [0.717, 1.165) is 22.6 Å². The van der Waals surface area contributed by atoms with Crippen molar-refractivity contribution in [1.82, 2.24) is 5.32 Å². The molecule has 0 aliphatic carbocycles. The molecule has 0 heterocycles. The Morgan fingerprint density at radius 1 is 0.933 bits per heavy atom. The van der Waals surface area contributed by atoms with Gasteiger partial charge in [-0.25, -0.2) is 0 Å². The molecule has 0 aliphatic heterocycles. The van der Waals surface area contributed by atoms with Crippen molar-refractivity contribution in [2.75, 3.05) is 11.9 Å². The zero-order valence-electron chi connectivity index (χ0n) is 17.9. The van der Waals surface area contributed by atoms with Crippen LogP contribution < -0.4 is 15.4 Å². The third-order valence-electron chi connectivity index (χ3n) is 4.74. The number of hydrogen-bond acceptors (Lipinski definition) is 3. The van der Waals surface area contributed by atoms with Crippen LogP contribution >= 0.6 is 0 Å². The second-order valence-corrected chi connectivity index (χ2v) is 7.96. The number of hydrogen-bond donors (Lipinski definition) is 2. The molecule has 0 saturated carbocycles. The summed E-state index contributed by atoms with van der Waals surface area (Å²) in [7, 11) is 0. The molecule has 3 aromatic carbocycles. The van der Waals surface area contributed by atoms with Crippen LogP contribution in [0.2, 0.25) is 0 Å². The van der Waals surface area contributed by atoms with Gasteiger partial charge < -0.3 is 15.4 Å². The molecule has 0 aromatic heterocycles. The smallest absolute Gasteiger partial charge is 0.251 e. The lowest BCUT2D eigenvalue weighted by Gasteiger charge is -2.11. The van der Waals surface area contributed by atoms with E-state index in [1.165, 1.54) is 5.56 Å². The Morgan fingerprint density at radius 2 is 1.63 bits per heavy atom. The second-order valence-electron chi connectivity index (χ2n) is 7.96. The van der Waals surface area contributed by atoms with Crippen molar-refractivity contribution < 1.29 is 9.53 Å². The highest BCUT2D eigenvalue weighted by Crippen LogP contribution is 2.17. The Bertz CT molecular complexity index is 948. The minimum atomic E-state index is -0.0394. The maximum absolute atomic E-state index is 12.2. The number of anilines is 1. The van der Waals surface area contributed by atoms with E-state index in [1.807, 2.05) is 36.4 Å². The zero-order chi connectivity index (χ0) is 21.3. The minimum Gasteiger partial charge on any atom is -0.489 e. The van der Waals surface area contributed by atoms with Crippen LogP contribution in [0, 0.1) is 12.8 Å². The van der Waals surface area contributed by atoms with E-state index in [1.54, 1.807) is 0 Å². The molecule has 0 fully saturated rings. The van der Waals surface area contributed by atoms with Crippen molar-refractivity contribution in [3.63, 3.8) is 0 Å². The van der Waals surface area contributed by atoms with Crippen LogP contribution in [-0.4, -0.2) is 12.5 Å². The highest BCUT2D eigenvalue weighted by atomic mass is 16.5. The van der Waals surface area contributed by atoms with Crippen LogP contribution in [0.5, 0.6) is 5.75 Å². The molecule has 0 bridgehead atoms. The third kappa shape index (κ3) is 6.66. The van der Waals surface area contributed by atoms with Gasteiger partial charge in [-0.1, -0.05) is 61.9 Å². The summed E-state index contributed by atoms with van der Waals surface area (Å²) in [6.45, 7) is 8.15. The molecule has 3 rings (SSSR count). The van der Waals surface area contributed by atoms with Crippen molar-refractivity contribution >= 4 is 11.6 Å². The Hall–Kier alpha value is -3.27.